The van der Waals surface area contributed by atoms with Crippen LogP contribution < -0.4 is 14.9 Å². The fourth-order valence-electron chi connectivity index (χ4n) is 3.33. The number of nitrogens with one attached hydrogen (secondary N) is 1. The second-order valence-corrected chi connectivity index (χ2v) is 8.04. The van der Waals surface area contributed by atoms with Crippen LogP contribution in [0.3, 0.4) is 0 Å². The molecule has 0 saturated heterocycles. The van der Waals surface area contributed by atoms with Crippen LogP contribution in [0.25, 0.3) is 10.8 Å². The average molecular weight is 494 g/mol. The Bertz CT molecular complexity index is 1360. The lowest BCUT2D eigenvalue weighted by Gasteiger charge is -2.15. The second kappa shape index (κ2) is 11.0. The zero-order valence-electron chi connectivity index (χ0n) is 18.3. The molecule has 4 rings (SSSR count). The van der Waals surface area contributed by atoms with Gasteiger partial charge in [-0.2, -0.15) is 5.10 Å². The third-order valence-electron chi connectivity index (χ3n) is 4.91. The molecular formula is C26H21Cl2N3O3. The molecule has 1 N–H and O–H groups in total. The average Bonchev–Trinajstić information content (AvgIpc) is 2.84. The zero-order chi connectivity index (χ0) is 23.9. The largest absolute Gasteiger partial charge is 0.490 e. The molecule has 3 aromatic carbocycles. The molecule has 1 heterocycles. The predicted molar refractivity (Wildman–Crippen MR) is 135 cm³/mol. The van der Waals surface area contributed by atoms with E-state index in [0.717, 1.165) is 10.9 Å². The van der Waals surface area contributed by atoms with Crippen LogP contribution in [0.5, 0.6) is 11.5 Å². The highest BCUT2D eigenvalue weighted by atomic mass is 35.5. The summed E-state index contributed by atoms with van der Waals surface area (Å²) in [5, 5.41) is 6.77. The number of hydrazone groups is 1. The van der Waals surface area contributed by atoms with Crippen molar-refractivity contribution in [1.82, 2.24) is 10.4 Å². The summed E-state index contributed by atoms with van der Waals surface area (Å²) in [5.41, 5.74) is 4.30. The van der Waals surface area contributed by atoms with Gasteiger partial charge in [-0.05, 0) is 59.2 Å². The highest BCUT2D eigenvalue weighted by Crippen LogP contribution is 2.37. The Labute approximate surface area is 207 Å². The van der Waals surface area contributed by atoms with Crippen LogP contribution in [0, 0.1) is 0 Å². The Morgan fingerprint density at radius 3 is 2.65 bits per heavy atom. The summed E-state index contributed by atoms with van der Waals surface area (Å²) < 4.78 is 11.8. The Morgan fingerprint density at radius 1 is 1.03 bits per heavy atom. The summed E-state index contributed by atoms with van der Waals surface area (Å²) in [7, 11) is 0. The lowest BCUT2D eigenvalue weighted by atomic mass is 10.1. The van der Waals surface area contributed by atoms with Crippen molar-refractivity contribution >= 4 is 46.1 Å². The molecule has 34 heavy (non-hydrogen) atoms. The first-order chi connectivity index (χ1) is 16.5. The fraction of sp³-hybridized carbons (Fsp3) is 0.115. The van der Waals surface area contributed by atoms with Gasteiger partial charge in [0, 0.05) is 6.20 Å². The molecule has 0 radical (unpaired) electrons. The summed E-state index contributed by atoms with van der Waals surface area (Å²) in [6, 6.07) is 20.9. The molecular weight excluding hydrogens is 473 g/mol. The maximum Gasteiger partial charge on any atom is 0.274 e. The van der Waals surface area contributed by atoms with E-state index in [0.29, 0.717) is 35.3 Å². The molecule has 1 aromatic heterocycles. The van der Waals surface area contributed by atoms with Gasteiger partial charge in [-0.1, -0.05) is 59.6 Å². The van der Waals surface area contributed by atoms with Crippen LogP contribution >= 0.6 is 23.2 Å². The summed E-state index contributed by atoms with van der Waals surface area (Å²) in [6.07, 6.45) is 2.97. The van der Waals surface area contributed by atoms with Crippen molar-refractivity contribution in [3.05, 3.63) is 99.8 Å². The molecule has 0 aliphatic carbocycles. The Kier molecular flexibility index (Phi) is 7.62. The van der Waals surface area contributed by atoms with Crippen molar-refractivity contribution in [1.29, 1.82) is 0 Å². The minimum Gasteiger partial charge on any atom is -0.490 e. The number of aromatic nitrogens is 1. The first-order valence-corrected chi connectivity index (χ1v) is 11.3. The predicted octanol–water partition coefficient (Wildman–Crippen LogP) is 6.28. The van der Waals surface area contributed by atoms with Crippen molar-refractivity contribution in [2.24, 2.45) is 5.10 Å². The van der Waals surface area contributed by atoms with E-state index >= 15 is 0 Å². The molecule has 4 aromatic rings. The first-order valence-electron chi connectivity index (χ1n) is 10.6. The minimum absolute atomic E-state index is 0.102. The van der Waals surface area contributed by atoms with Gasteiger partial charge < -0.3 is 9.47 Å². The smallest absolute Gasteiger partial charge is 0.274 e. The van der Waals surface area contributed by atoms with Gasteiger partial charge in [-0.15, -0.1) is 0 Å². The first kappa shape index (κ1) is 23.5. The van der Waals surface area contributed by atoms with E-state index in [9.17, 15) is 4.79 Å². The number of pyridine rings is 1. The molecule has 0 fully saturated rings. The van der Waals surface area contributed by atoms with E-state index < -0.39 is 5.91 Å². The number of rotatable bonds is 8. The summed E-state index contributed by atoms with van der Waals surface area (Å²) in [6.45, 7) is 2.64. The number of ether oxygens (including phenoxy) is 2. The number of hydrogen-bond acceptors (Lipinski definition) is 5. The maximum absolute atomic E-state index is 12.2. The van der Waals surface area contributed by atoms with E-state index in [-0.39, 0.29) is 10.7 Å². The summed E-state index contributed by atoms with van der Waals surface area (Å²) >= 11 is 12.4. The Hall–Kier alpha value is -3.61. The molecule has 1 amide bonds. The third-order valence-corrected chi connectivity index (χ3v) is 5.49. The van der Waals surface area contributed by atoms with Gasteiger partial charge in [0.2, 0.25) is 0 Å². The highest BCUT2D eigenvalue weighted by molar-refractivity contribution is 6.33. The maximum atomic E-state index is 12.2. The molecule has 0 unspecified atom stereocenters. The number of carbonyl (C=O) groups excluding carboxylic acids is 1. The molecule has 0 spiro atoms. The molecule has 6 nitrogen and oxygen atoms in total. The van der Waals surface area contributed by atoms with Crippen LogP contribution in [-0.4, -0.2) is 23.7 Å². The van der Waals surface area contributed by atoms with Gasteiger partial charge in [-0.25, -0.2) is 10.4 Å². The van der Waals surface area contributed by atoms with Gasteiger partial charge >= 0.3 is 0 Å². The van der Waals surface area contributed by atoms with E-state index in [2.05, 4.69) is 39.8 Å². The molecule has 0 aliphatic rings. The van der Waals surface area contributed by atoms with Gasteiger partial charge in [-0.3, -0.25) is 4.79 Å². The van der Waals surface area contributed by atoms with E-state index in [1.165, 1.54) is 17.8 Å². The van der Waals surface area contributed by atoms with Gasteiger partial charge in [0.25, 0.3) is 5.91 Å². The number of benzene rings is 3. The number of fused-ring (bicyclic) bond motifs is 1. The minimum atomic E-state index is -0.471. The van der Waals surface area contributed by atoms with E-state index in [1.54, 1.807) is 24.3 Å². The van der Waals surface area contributed by atoms with E-state index in [1.807, 2.05) is 25.1 Å². The van der Waals surface area contributed by atoms with Crippen molar-refractivity contribution in [2.45, 2.75) is 13.5 Å². The zero-order valence-corrected chi connectivity index (χ0v) is 19.8. The molecule has 8 heteroatoms. The number of amides is 1. The highest BCUT2D eigenvalue weighted by Gasteiger charge is 2.13. The monoisotopic (exact) mass is 493 g/mol. The second-order valence-electron chi connectivity index (χ2n) is 7.27. The van der Waals surface area contributed by atoms with Gasteiger partial charge in [0.15, 0.2) is 11.5 Å². The molecule has 0 aliphatic heterocycles. The lowest BCUT2D eigenvalue weighted by molar-refractivity contribution is 0.0955. The van der Waals surface area contributed by atoms with Crippen LogP contribution in [0.4, 0.5) is 0 Å². The van der Waals surface area contributed by atoms with Crippen LogP contribution in [0.1, 0.15) is 28.4 Å². The Morgan fingerprint density at radius 2 is 1.85 bits per heavy atom. The van der Waals surface area contributed by atoms with Crippen LogP contribution in [0.15, 0.2) is 78.0 Å². The van der Waals surface area contributed by atoms with Gasteiger partial charge in [0.1, 0.15) is 11.8 Å². The number of carbonyl (C=O) groups is 1. The Balaban J connectivity index is 1.48. The number of halogens is 2. The topological polar surface area (TPSA) is 72.8 Å². The fourth-order valence-corrected chi connectivity index (χ4v) is 3.81. The van der Waals surface area contributed by atoms with Crippen LogP contribution in [0.2, 0.25) is 10.2 Å². The molecule has 172 valence electrons. The normalized spacial score (nSPS) is 11.0. The van der Waals surface area contributed by atoms with Crippen molar-refractivity contribution in [3.8, 4) is 11.5 Å². The molecule has 0 atom stereocenters. The number of hydrogen-bond donors (Lipinski definition) is 1. The molecule has 0 saturated carbocycles. The van der Waals surface area contributed by atoms with Crippen molar-refractivity contribution in [3.63, 3.8) is 0 Å². The summed E-state index contributed by atoms with van der Waals surface area (Å²) in [5.74, 6) is 0.458. The van der Waals surface area contributed by atoms with Crippen molar-refractivity contribution < 1.29 is 14.3 Å². The summed E-state index contributed by atoms with van der Waals surface area (Å²) in [4.78, 5) is 16.1. The standard InChI is InChI=1S/C26H21Cl2N3O3/c1-2-33-23-14-18(15-30-31-26(32)21-8-5-11-29-25(21)28)13-22(27)24(23)34-16-17-9-10-19-6-3-4-7-20(19)12-17/h3-15H,2,16H2,1H3,(H,31,32). The van der Waals surface area contributed by atoms with Crippen LogP contribution in [-0.2, 0) is 6.61 Å². The lowest BCUT2D eigenvalue weighted by Crippen LogP contribution is -2.18. The van der Waals surface area contributed by atoms with E-state index in [4.69, 9.17) is 32.7 Å². The van der Waals surface area contributed by atoms with Gasteiger partial charge in [0.05, 0.1) is 23.4 Å². The molecule has 0 bridgehead atoms. The number of nitrogens with zero attached hydrogens (tertiary/aromatic N) is 2. The third kappa shape index (κ3) is 5.65. The quantitative estimate of drug-likeness (QED) is 0.178. The van der Waals surface area contributed by atoms with Crippen molar-refractivity contribution in [2.75, 3.05) is 6.61 Å². The SMILES string of the molecule is CCOc1cc(C=NNC(=O)c2cccnc2Cl)cc(Cl)c1OCc1ccc2ccccc2c1.